The number of carbonyl (C=O) groups is 2. The Hall–Kier alpha value is -9.20. The lowest BCUT2D eigenvalue weighted by molar-refractivity contribution is 0.103. The van der Waals surface area contributed by atoms with E-state index < -0.39 is 0 Å². The van der Waals surface area contributed by atoms with E-state index in [4.69, 9.17) is 21.0 Å². The molecule has 16 rings (SSSR count). The summed E-state index contributed by atoms with van der Waals surface area (Å²) in [6.07, 6.45) is 3.29. The smallest absolute Gasteiger partial charge is 0.194 e. The minimum absolute atomic E-state index is 0.0172. The molecule has 4 aliphatic rings. The summed E-state index contributed by atoms with van der Waals surface area (Å²) in [5.74, 6) is -0.248. The van der Waals surface area contributed by atoms with Crippen LogP contribution in [0.3, 0.4) is 0 Å². The third-order valence-corrected chi connectivity index (χ3v) is 22.4. The predicted octanol–water partition coefficient (Wildman–Crippen LogP) is 18.6. The van der Waals surface area contributed by atoms with Crippen LogP contribution in [0.25, 0.3) is 105 Å². The molecule has 0 radical (unpaired) electrons. The number of rotatable bonds is 2. The van der Waals surface area contributed by atoms with Gasteiger partial charge >= 0.3 is 0 Å². The molecule has 0 spiro atoms. The molecule has 0 amide bonds. The molecule has 6 aromatic heterocycles. The molecule has 0 aliphatic heterocycles. The second-order valence-corrected chi connectivity index (χ2v) is 26.9. The molecular formula is C68H40N8O2S6. The Morgan fingerprint density at radius 1 is 0.452 bits per heavy atom. The van der Waals surface area contributed by atoms with Crippen LogP contribution in [-0.4, -0.2) is 29.1 Å². The summed E-state index contributed by atoms with van der Waals surface area (Å²) in [7, 11) is 0. The molecule has 0 N–H and O–H groups in total. The van der Waals surface area contributed by atoms with Crippen molar-refractivity contribution < 1.29 is 9.59 Å². The summed E-state index contributed by atoms with van der Waals surface area (Å²) in [6, 6.07) is 48.7. The van der Waals surface area contributed by atoms with Crippen molar-refractivity contribution in [1.82, 2.24) is 17.5 Å². The van der Waals surface area contributed by atoms with Gasteiger partial charge in [0.05, 0.1) is 32.9 Å². The van der Waals surface area contributed by atoms with Crippen LogP contribution in [0.15, 0.2) is 156 Å². The molecule has 400 valence electrons. The molecule has 10 nitrogen and oxygen atoms in total. The van der Waals surface area contributed by atoms with Crippen LogP contribution in [0.5, 0.6) is 0 Å². The van der Waals surface area contributed by atoms with Gasteiger partial charge in [0, 0.05) is 84.3 Å². The van der Waals surface area contributed by atoms with Crippen molar-refractivity contribution in [2.75, 3.05) is 0 Å². The molecule has 12 aromatic rings. The van der Waals surface area contributed by atoms with E-state index in [1.807, 2.05) is 69.6 Å². The standard InChI is InChI=1S/C40H24N4S6.2C14H8N2O/c1-39(2)23-11-17-13-29(19-7-5-9-25-33(19)43-49-41-25)45-27(17)15-21(23)35-31(39)37-38(47-35)32-36(48-37)22-16-28-18(12-24(22)40(32,3)4)14-30(46-28)20-8-6-10-26-34(20)44-50-42-26;2*1-2-10-13(9(7-15)8-16)11-5-3-4-6-12(11)14(10)17/h5-16H,1-4H3;2*2-6H,1H3/b;2*10-2-. The first-order chi connectivity index (χ1) is 40.7. The number of nitriles is 4. The van der Waals surface area contributed by atoms with Gasteiger partial charge in [-0.05, 0) is 118 Å². The van der Waals surface area contributed by atoms with Gasteiger partial charge in [0.2, 0.25) is 0 Å². The van der Waals surface area contributed by atoms with Gasteiger partial charge in [-0.15, -0.1) is 45.3 Å². The summed E-state index contributed by atoms with van der Waals surface area (Å²) >= 11 is 10.4. The Bertz CT molecular complexity index is 4920. The number of fused-ring (bicyclic) bond motifs is 15. The van der Waals surface area contributed by atoms with Crippen molar-refractivity contribution >= 4 is 143 Å². The Kier molecular flexibility index (Phi) is 12.4. The summed E-state index contributed by atoms with van der Waals surface area (Å²) in [4.78, 5) is 29.5. The van der Waals surface area contributed by atoms with E-state index in [2.05, 4.69) is 118 Å². The fourth-order valence-electron chi connectivity index (χ4n) is 12.5. The van der Waals surface area contributed by atoms with Gasteiger partial charge in [-0.3, -0.25) is 9.59 Å². The molecule has 0 fully saturated rings. The summed E-state index contributed by atoms with van der Waals surface area (Å²) < 4.78 is 23.9. The largest absolute Gasteiger partial charge is 0.289 e. The first-order valence-electron chi connectivity index (χ1n) is 26.6. The van der Waals surface area contributed by atoms with E-state index in [0.717, 1.165) is 22.1 Å². The van der Waals surface area contributed by atoms with E-state index in [9.17, 15) is 9.59 Å². The number of benzene rings is 6. The minimum Gasteiger partial charge on any atom is -0.289 e. The molecule has 16 heteroatoms. The van der Waals surface area contributed by atoms with Crippen LogP contribution in [0.1, 0.15) is 95.6 Å². The number of allylic oxidation sites excluding steroid dienone is 8. The number of aromatic nitrogens is 4. The normalized spacial score (nSPS) is 15.5. The molecule has 6 aromatic carbocycles. The number of hydrogen-bond acceptors (Lipinski definition) is 16. The van der Waals surface area contributed by atoms with Gasteiger partial charge in [0.15, 0.2) is 11.6 Å². The summed E-state index contributed by atoms with van der Waals surface area (Å²) in [5, 5.41) is 38.4. The maximum Gasteiger partial charge on any atom is 0.194 e. The van der Waals surface area contributed by atoms with Gasteiger partial charge in [-0.25, -0.2) is 0 Å². The Labute approximate surface area is 506 Å². The number of carbonyl (C=O) groups excluding carboxylic acids is 2. The molecule has 4 aliphatic carbocycles. The van der Waals surface area contributed by atoms with Gasteiger partial charge < -0.3 is 0 Å². The van der Waals surface area contributed by atoms with Crippen LogP contribution in [-0.2, 0) is 10.8 Å². The van der Waals surface area contributed by atoms with Crippen LogP contribution in [0, 0.1) is 45.3 Å². The number of Topliss-reactive ketones (excluding diaryl/α,β-unsaturated/α-hetero) is 2. The molecule has 0 saturated heterocycles. The zero-order valence-electron chi connectivity index (χ0n) is 45.5. The number of nitrogens with zero attached hydrogens (tertiary/aromatic N) is 8. The highest BCUT2D eigenvalue weighted by atomic mass is 32.1. The van der Waals surface area contributed by atoms with Crippen LogP contribution in [0.2, 0.25) is 0 Å². The fraction of sp³-hybridized carbons (Fsp3) is 0.118. The van der Waals surface area contributed by atoms with E-state index in [1.165, 1.54) is 117 Å². The fourth-order valence-corrected chi connectivity index (χ4v) is 19.4. The second-order valence-electron chi connectivity index (χ2n) is 21.6. The van der Waals surface area contributed by atoms with Crippen LogP contribution < -0.4 is 0 Å². The highest BCUT2D eigenvalue weighted by molar-refractivity contribution is 7.32. The molecule has 6 heterocycles. The van der Waals surface area contributed by atoms with Gasteiger partial charge in [-0.1, -0.05) is 113 Å². The zero-order chi connectivity index (χ0) is 58.1. The average molecular weight is 1190 g/mol. The van der Waals surface area contributed by atoms with E-state index in [0.29, 0.717) is 44.5 Å². The number of ketones is 2. The van der Waals surface area contributed by atoms with Crippen molar-refractivity contribution in [1.29, 1.82) is 21.0 Å². The molecule has 0 unspecified atom stereocenters. The predicted molar refractivity (Wildman–Crippen MR) is 344 cm³/mol. The number of hydrogen-bond donors (Lipinski definition) is 0. The average Bonchev–Trinajstić information content (AvgIpc) is 1.58. The molecule has 0 bridgehead atoms. The van der Waals surface area contributed by atoms with Gasteiger partial charge in [0.25, 0.3) is 0 Å². The first-order valence-corrected chi connectivity index (χ1v) is 31.4. The van der Waals surface area contributed by atoms with Gasteiger partial charge in [0.1, 0.15) is 57.5 Å². The van der Waals surface area contributed by atoms with Crippen molar-refractivity contribution in [2.45, 2.75) is 52.4 Å². The summed E-state index contributed by atoms with van der Waals surface area (Å²) in [6.45, 7) is 13.2. The lowest BCUT2D eigenvalue weighted by Gasteiger charge is -2.22. The van der Waals surface area contributed by atoms with Gasteiger partial charge in [-0.2, -0.15) is 38.5 Å². The first kappa shape index (κ1) is 52.8. The Morgan fingerprint density at radius 2 is 0.833 bits per heavy atom. The zero-order valence-corrected chi connectivity index (χ0v) is 50.4. The maximum atomic E-state index is 12.1. The van der Waals surface area contributed by atoms with Crippen molar-refractivity contribution in [3.05, 3.63) is 200 Å². The maximum absolute atomic E-state index is 12.1. The minimum atomic E-state index is -0.124. The highest BCUT2D eigenvalue weighted by Gasteiger charge is 2.46. The molecular weight excluding hydrogens is 1150 g/mol. The molecule has 0 atom stereocenters. The van der Waals surface area contributed by atoms with Crippen LogP contribution in [0.4, 0.5) is 0 Å². The van der Waals surface area contributed by atoms with Crippen molar-refractivity contribution in [2.24, 2.45) is 0 Å². The van der Waals surface area contributed by atoms with E-state index in [-0.39, 0.29) is 33.5 Å². The molecule has 0 saturated carbocycles. The van der Waals surface area contributed by atoms with Crippen molar-refractivity contribution in [3.63, 3.8) is 0 Å². The highest BCUT2D eigenvalue weighted by Crippen LogP contribution is 2.64. The quantitative estimate of drug-likeness (QED) is 0.119. The third kappa shape index (κ3) is 7.70. The molecule has 84 heavy (non-hydrogen) atoms. The Morgan fingerprint density at radius 3 is 1.21 bits per heavy atom. The second kappa shape index (κ2) is 19.7. The SMILES string of the molecule is C/C=C1\C(=O)c2ccccc2C1=C(C#N)C#N.C/C=C1\C(=O)c2ccccc2C1=C(C#N)C#N.CC1(C)c2cc3cc(-c4cccc5nsnc45)sc3cc2-c2sc3c4c(sc3c21)-c1cc2sc(-c3cccc5nsnc35)cc2cc1C4(C)C. The van der Waals surface area contributed by atoms with Crippen LogP contribution >= 0.6 is 68.8 Å². The summed E-state index contributed by atoms with van der Waals surface area (Å²) in [5.41, 5.74) is 19.1. The third-order valence-electron chi connectivity index (χ3n) is 16.5. The lowest BCUT2D eigenvalue weighted by Crippen LogP contribution is -2.15. The lowest BCUT2D eigenvalue weighted by atomic mass is 9.81. The topological polar surface area (TPSA) is 181 Å². The number of thiophene rings is 4. The van der Waals surface area contributed by atoms with Crippen molar-refractivity contribution in [3.8, 4) is 66.0 Å². The van der Waals surface area contributed by atoms with E-state index in [1.54, 1.807) is 74.5 Å². The monoisotopic (exact) mass is 1190 g/mol. The Balaban J connectivity index is 0.000000151. The van der Waals surface area contributed by atoms with E-state index >= 15 is 0 Å².